The third-order valence-corrected chi connectivity index (χ3v) is 3.14. The van der Waals surface area contributed by atoms with Crippen molar-refractivity contribution in [1.29, 1.82) is 0 Å². The van der Waals surface area contributed by atoms with Crippen LogP contribution in [0.3, 0.4) is 0 Å². The molecule has 0 saturated heterocycles. The number of aromatic amines is 1. The molecule has 0 bridgehead atoms. The number of hydrogen-bond donors (Lipinski definition) is 1. The summed E-state index contributed by atoms with van der Waals surface area (Å²) in [6.07, 6.45) is 0. The van der Waals surface area contributed by atoms with Crippen LogP contribution >= 0.6 is 0 Å². The largest absolute Gasteiger partial charge is 0.352 e. The van der Waals surface area contributed by atoms with E-state index in [0.29, 0.717) is 5.69 Å². The maximum absolute atomic E-state index is 12.9. The highest BCUT2D eigenvalue weighted by molar-refractivity contribution is 5.30. The van der Waals surface area contributed by atoms with Crippen LogP contribution in [-0.2, 0) is 6.54 Å². The summed E-state index contributed by atoms with van der Waals surface area (Å²) < 4.78 is 15.1. The van der Waals surface area contributed by atoms with Gasteiger partial charge in [-0.15, -0.1) is 0 Å². The van der Waals surface area contributed by atoms with Gasteiger partial charge < -0.3 is 0 Å². The van der Waals surface area contributed by atoms with Gasteiger partial charge in [0.05, 0.1) is 12.2 Å². The van der Waals surface area contributed by atoms with Crippen molar-refractivity contribution in [2.45, 2.75) is 6.54 Å². The van der Waals surface area contributed by atoms with E-state index in [2.05, 4.69) is 5.10 Å². The molecule has 1 heterocycles. The van der Waals surface area contributed by atoms with Crippen molar-refractivity contribution in [2.24, 2.45) is 0 Å². The van der Waals surface area contributed by atoms with E-state index in [1.54, 1.807) is 0 Å². The smallest absolute Gasteiger partial charge is 0.246 e. The summed E-state index contributed by atoms with van der Waals surface area (Å²) in [6.45, 7) is 0.184. The standard InChI is InChI=1S/C15H12FN3O2/c16-12-6-8-13(9-7-12)19-15(21)18(14(20)17-19)10-11-4-2-1-3-5-11/h1-9H,10H2,(H,17,20). The van der Waals surface area contributed by atoms with Gasteiger partial charge in [0.15, 0.2) is 0 Å². The van der Waals surface area contributed by atoms with Crippen molar-refractivity contribution < 1.29 is 4.39 Å². The number of H-pyrrole nitrogens is 1. The molecule has 0 fully saturated rings. The first-order valence-electron chi connectivity index (χ1n) is 6.37. The molecule has 0 atom stereocenters. The SMILES string of the molecule is O=c1[nH]n(-c2ccc(F)cc2)c(=O)n1Cc1ccccc1. The molecule has 0 radical (unpaired) electrons. The Morgan fingerprint density at radius 1 is 0.952 bits per heavy atom. The van der Waals surface area contributed by atoms with Crippen molar-refractivity contribution in [2.75, 3.05) is 0 Å². The number of benzene rings is 2. The van der Waals surface area contributed by atoms with Gasteiger partial charge in [-0.3, -0.25) is 0 Å². The van der Waals surface area contributed by atoms with Gasteiger partial charge in [0.1, 0.15) is 5.82 Å². The van der Waals surface area contributed by atoms with Crippen molar-refractivity contribution in [3.63, 3.8) is 0 Å². The molecule has 2 aromatic carbocycles. The van der Waals surface area contributed by atoms with Crippen LogP contribution in [0.4, 0.5) is 4.39 Å². The van der Waals surface area contributed by atoms with Crippen LogP contribution in [-0.4, -0.2) is 14.3 Å². The van der Waals surface area contributed by atoms with Crippen molar-refractivity contribution in [1.82, 2.24) is 14.3 Å². The number of hydrogen-bond acceptors (Lipinski definition) is 2. The van der Waals surface area contributed by atoms with E-state index in [9.17, 15) is 14.0 Å². The summed E-state index contributed by atoms with van der Waals surface area (Å²) >= 11 is 0. The highest BCUT2D eigenvalue weighted by atomic mass is 19.1. The van der Waals surface area contributed by atoms with Gasteiger partial charge in [0, 0.05) is 0 Å². The normalized spacial score (nSPS) is 10.7. The Bertz CT molecular complexity index is 860. The van der Waals surface area contributed by atoms with Crippen LogP contribution in [0.2, 0.25) is 0 Å². The lowest BCUT2D eigenvalue weighted by Gasteiger charge is -2.01. The second kappa shape index (κ2) is 5.24. The third kappa shape index (κ3) is 2.55. The zero-order valence-corrected chi connectivity index (χ0v) is 11.0. The van der Waals surface area contributed by atoms with Crippen LogP contribution in [0.25, 0.3) is 5.69 Å². The number of nitrogens with zero attached hydrogens (tertiary/aromatic N) is 2. The Kier molecular flexibility index (Phi) is 3.27. The van der Waals surface area contributed by atoms with E-state index in [-0.39, 0.29) is 6.54 Å². The summed E-state index contributed by atoms with van der Waals surface area (Å²) in [7, 11) is 0. The van der Waals surface area contributed by atoms with Crippen molar-refractivity contribution >= 4 is 0 Å². The summed E-state index contributed by atoms with van der Waals surface area (Å²) in [4.78, 5) is 24.2. The maximum Gasteiger partial charge on any atom is 0.352 e. The van der Waals surface area contributed by atoms with Gasteiger partial charge in [-0.2, -0.15) is 0 Å². The average Bonchev–Trinajstić information content (AvgIpc) is 2.77. The van der Waals surface area contributed by atoms with E-state index in [1.807, 2.05) is 30.3 Å². The monoisotopic (exact) mass is 285 g/mol. The summed E-state index contributed by atoms with van der Waals surface area (Å²) in [5.74, 6) is -0.405. The van der Waals surface area contributed by atoms with Gasteiger partial charge in [0.2, 0.25) is 0 Å². The molecule has 0 aliphatic heterocycles. The summed E-state index contributed by atoms with van der Waals surface area (Å²) in [6, 6.07) is 14.5. The molecule has 6 heteroatoms. The topological polar surface area (TPSA) is 59.8 Å². The second-order valence-electron chi connectivity index (χ2n) is 4.58. The average molecular weight is 285 g/mol. The van der Waals surface area contributed by atoms with Gasteiger partial charge in [0.25, 0.3) is 0 Å². The quantitative estimate of drug-likeness (QED) is 0.793. The predicted molar refractivity (Wildman–Crippen MR) is 76.2 cm³/mol. The summed E-state index contributed by atoms with van der Waals surface area (Å²) in [5, 5.41) is 2.46. The van der Waals surface area contributed by atoms with E-state index < -0.39 is 17.2 Å². The second-order valence-corrected chi connectivity index (χ2v) is 4.58. The van der Waals surface area contributed by atoms with Crippen molar-refractivity contribution in [3.05, 3.63) is 86.9 Å². The lowest BCUT2D eigenvalue weighted by Crippen LogP contribution is -2.28. The van der Waals surface area contributed by atoms with Crippen LogP contribution in [0.1, 0.15) is 5.56 Å². The Morgan fingerprint density at radius 2 is 1.62 bits per heavy atom. The van der Waals surface area contributed by atoms with E-state index in [4.69, 9.17) is 0 Å². The highest BCUT2D eigenvalue weighted by Crippen LogP contribution is 2.05. The van der Waals surface area contributed by atoms with Crippen LogP contribution in [0.15, 0.2) is 64.2 Å². The van der Waals surface area contributed by atoms with E-state index in [1.165, 1.54) is 24.3 Å². The molecular formula is C15H12FN3O2. The molecule has 1 aromatic heterocycles. The third-order valence-electron chi connectivity index (χ3n) is 3.14. The van der Waals surface area contributed by atoms with E-state index >= 15 is 0 Å². The lowest BCUT2D eigenvalue weighted by molar-refractivity contribution is 0.626. The molecule has 3 rings (SSSR count). The fourth-order valence-electron chi connectivity index (χ4n) is 2.08. The zero-order valence-electron chi connectivity index (χ0n) is 11.0. The molecule has 0 spiro atoms. The molecule has 106 valence electrons. The van der Waals surface area contributed by atoms with Gasteiger partial charge in [-0.25, -0.2) is 28.3 Å². The first kappa shape index (κ1) is 13.1. The Labute approximate surface area is 118 Å². The first-order valence-corrected chi connectivity index (χ1v) is 6.37. The fourth-order valence-corrected chi connectivity index (χ4v) is 2.08. The number of aromatic nitrogens is 3. The number of halogens is 1. The van der Waals surface area contributed by atoms with Crippen LogP contribution in [0.5, 0.6) is 0 Å². The van der Waals surface area contributed by atoms with Crippen molar-refractivity contribution in [3.8, 4) is 5.69 Å². The lowest BCUT2D eigenvalue weighted by atomic mass is 10.2. The highest BCUT2D eigenvalue weighted by Gasteiger charge is 2.10. The van der Waals surface area contributed by atoms with Gasteiger partial charge >= 0.3 is 11.4 Å². The molecule has 0 aliphatic rings. The number of nitrogens with one attached hydrogen (secondary N) is 1. The molecular weight excluding hydrogens is 273 g/mol. The van der Waals surface area contributed by atoms with Gasteiger partial charge in [-0.1, -0.05) is 30.3 Å². The molecule has 0 saturated carbocycles. The Hall–Kier alpha value is -2.89. The zero-order chi connectivity index (χ0) is 14.8. The fraction of sp³-hybridized carbons (Fsp3) is 0.0667. The maximum atomic E-state index is 12.9. The number of rotatable bonds is 3. The molecule has 3 aromatic rings. The predicted octanol–water partition coefficient (Wildman–Crippen LogP) is 1.51. The summed E-state index contributed by atoms with van der Waals surface area (Å²) in [5.41, 5.74) is 0.260. The minimum absolute atomic E-state index is 0.184. The van der Waals surface area contributed by atoms with E-state index in [0.717, 1.165) is 14.8 Å². The Balaban J connectivity index is 2.03. The Morgan fingerprint density at radius 3 is 2.29 bits per heavy atom. The van der Waals surface area contributed by atoms with Gasteiger partial charge in [-0.05, 0) is 29.8 Å². The molecule has 0 aliphatic carbocycles. The molecule has 5 nitrogen and oxygen atoms in total. The van der Waals surface area contributed by atoms with Crippen LogP contribution < -0.4 is 11.4 Å². The van der Waals surface area contributed by atoms with Crippen LogP contribution in [0, 0.1) is 5.82 Å². The molecule has 1 N–H and O–H groups in total. The molecule has 21 heavy (non-hydrogen) atoms. The molecule has 0 unspecified atom stereocenters. The minimum Gasteiger partial charge on any atom is -0.246 e. The molecule has 0 amide bonds. The minimum atomic E-state index is -0.506. The first-order chi connectivity index (χ1) is 10.1.